The van der Waals surface area contributed by atoms with Crippen LogP contribution in [-0.2, 0) is 4.79 Å². The lowest BCUT2D eigenvalue weighted by Gasteiger charge is -2.25. The van der Waals surface area contributed by atoms with Crippen molar-refractivity contribution in [1.29, 1.82) is 0 Å². The van der Waals surface area contributed by atoms with E-state index in [-0.39, 0.29) is 5.91 Å². The van der Waals surface area contributed by atoms with Crippen LogP contribution in [0.25, 0.3) is 22.1 Å². The van der Waals surface area contributed by atoms with Gasteiger partial charge in [0.15, 0.2) is 5.60 Å². The van der Waals surface area contributed by atoms with Gasteiger partial charge in [-0.1, -0.05) is 36.4 Å². The first-order valence-electron chi connectivity index (χ1n) is 10.1. The Hall–Kier alpha value is -4.06. The van der Waals surface area contributed by atoms with E-state index in [0.29, 0.717) is 33.9 Å². The van der Waals surface area contributed by atoms with Crippen molar-refractivity contribution in [1.82, 2.24) is 0 Å². The third-order valence-corrected chi connectivity index (χ3v) is 5.05. The fraction of sp³-hybridized carbons (Fsp3) is 0.154. The number of carbonyl (C=O) groups is 1. The molecule has 6 nitrogen and oxygen atoms in total. The van der Waals surface area contributed by atoms with E-state index in [2.05, 4.69) is 5.32 Å². The number of fused-ring (bicyclic) bond motifs is 1. The maximum atomic E-state index is 12.9. The third kappa shape index (κ3) is 4.34. The van der Waals surface area contributed by atoms with Gasteiger partial charge < -0.3 is 19.2 Å². The van der Waals surface area contributed by atoms with Gasteiger partial charge in [0, 0.05) is 22.7 Å². The molecule has 0 radical (unpaired) electrons. The summed E-state index contributed by atoms with van der Waals surface area (Å²) in [6.45, 7) is 3.39. The smallest absolute Gasteiger partial charge is 0.344 e. The van der Waals surface area contributed by atoms with Gasteiger partial charge in [0.25, 0.3) is 5.91 Å². The lowest BCUT2D eigenvalue weighted by molar-refractivity contribution is -0.128. The van der Waals surface area contributed by atoms with Gasteiger partial charge in [-0.15, -0.1) is 0 Å². The maximum absolute atomic E-state index is 12.9. The molecule has 0 fully saturated rings. The van der Waals surface area contributed by atoms with Crippen LogP contribution in [0.2, 0.25) is 0 Å². The van der Waals surface area contributed by atoms with E-state index in [9.17, 15) is 9.59 Å². The second-order valence-electron chi connectivity index (χ2n) is 7.78. The van der Waals surface area contributed by atoms with Crippen molar-refractivity contribution < 1.29 is 18.7 Å². The van der Waals surface area contributed by atoms with Gasteiger partial charge in [-0.3, -0.25) is 4.79 Å². The predicted molar refractivity (Wildman–Crippen MR) is 124 cm³/mol. The van der Waals surface area contributed by atoms with Crippen LogP contribution >= 0.6 is 0 Å². The van der Waals surface area contributed by atoms with Crippen LogP contribution in [0, 0.1) is 0 Å². The Morgan fingerprint density at radius 2 is 1.62 bits per heavy atom. The number of methoxy groups -OCH3 is 1. The minimum atomic E-state index is -1.10. The molecule has 0 atom stereocenters. The second-order valence-corrected chi connectivity index (χ2v) is 7.78. The Kier molecular flexibility index (Phi) is 5.69. The lowest BCUT2D eigenvalue weighted by Crippen LogP contribution is -2.42. The number of rotatable bonds is 6. The molecule has 0 bridgehead atoms. The molecule has 4 aromatic rings. The lowest BCUT2D eigenvalue weighted by atomic mass is 10.0. The summed E-state index contributed by atoms with van der Waals surface area (Å²) < 4.78 is 16.8. The highest BCUT2D eigenvalue weighted by atomic mass is 16.5. The van der Waals surface area contributed by atoms with Crippen LogP contribution in [0.5, 0.6) is 11.5 Å². The standard InChI is InChI=1S/C26H23NO5/c1-26(2,32-19-10-5-4-6-11-19)25(29)27-18-13-14-20(23(16-18)30-3)21-15-17-9-7-8-12-22(17)31-24(21)28/h4-16H,1-3H3,(H,27,29). The summed E-state index contributed by atoms with van der Waals surface area (Å²) in [5.41, 5.74) is 0.426. The average Bonchev–Trinajstić information content (AvgIpc) is 2.79. The molecule has 0 aliphatic carbocycles. The summed E-state index contributed by atoms with van der Waals surface area (Å²) >= 11 is 0. The van der Waals surface area contributed by atoms with Crippen LogP contribution in [0.4, 0.5) is 5.69 Å². The summed E-state index contributed by atoms with van der Waals surface area (Å²) in [6, 6.07) is 23.3. The highest BCUT2D eigenvalue weighted by Gasteiger charge is 2.30. The molecule has 0 unspecified atom stereocenters. The van der Waals surface area contributed by atoms with Gasteiger partial charge in [-0.2, -0.15) is 0 Å². The fourth-order valence-electron chi connectivity index (χ4n) is 3.35. The zero-order chi connectivity index (χ0) is 22.7. The summed E-state index contributed by atoms with van der Waals surface area (Å²) in [6.07, 6.45) is 0. The first-order valence-corrected chi connectivity index (χ1v) is 10.1. The number of anilines is 1. The molecule has 0 aliphatic heterocycles. The van der Waals surface area contributed by atoms with E-state index in [0.717, 1.165) is 5.39 Å². The number of benzene rings is 3. The first kappa shape index (κ1) is 21.2. The minimum Gasteiger partial charge on any atom is -0.496 e. The van der Waals surface area contributed by atoms with Gasteiger partial charge in [0.1, 0.15) is 17.1 Å². The number of para-hydroxylation sites is 2. The van der Waals surface area contributed by atoms with Gasteiger partial charge in [-0.25, -0.2) is 4.79 Å². The van der Waals surface area contributed by atoms with Gasteiger partial charge >= 0.3 is 5.63 Å². The molecule has 4 rings (SSSR count). The van der Waals surface area contributed by atoms with Crippen LogP contribution < -0.4 is 20.4 Å². The van der Waals surface area contributed by atoms with E-state index in [1.807, 2.05) is 36.4 Å². The molecular formula is C26H23NO5. The Morgan fingerprint density at radius 3 is 2.38 bits per heavy atom. The molecule has 0 saturated carbocycles. The van der Waals surface area contributed by atoms with Crippen molar-refractivity contribution in [3.8, 4) is 22.6 Å². The van der Waals surface area contributed by atoms with E-state index < -0.39 is 11.2 Å². The molecule has 0 spiro atoms. The third-order valence-electron chi connectivity index (χ3n) is 5.05. The molecule has 1 heterocycles. The van der Waals surface area contributed by atoms with Crippen LogP contribution in [0.3, 0.4) is 0 Å². The number of carbonyl (C=O) groups excluding carboxylic acids is 1. The molecule has 1 amide bonds. The van der Waals surface area contributed by atoms with Crippen LogP contribution in [0.1, 0.15) is 13.8 Å². The molecule has 3 aromatic carbocycles. The second kappa shape index (κ2) is 8.59. The Balaban J connectivity index is 1.61. The summed E-state index contributed by atoms with van der Waals surface area (Å²) in [5.74, 6) is 0.720. The Morgan fingerprint density at radius 1 is 0.906 bits per heavy atom. The van der Waals surface area contributed by atoms with Crippen LogP contribution in [0.15, 0.2) is 88.1 Å². The van der Waals surface area contributed by atoms with Crippen molar-refractivity contribution in [3.05, 3.63) is 89.3 Å². The number of amides is 1. The SMILES string of the molecule is COc1cc(NC(=O)C(C)(C)Oc2ccccc2)ccc1-c1cc2ccccc2oc1=O. The van der Waals surface area contributed by atoms with Crippen molar-refractivity contribution in [3.63, 3.8) is 0 Å². The van der Waals surface area contributed by atoms with Crippen molar-refractivity contribution in [2.75, 3.05) is 12.4 Å². The first-order chi connectivity index (χ1) is 15.4. The van der Waals surface area contributed by atoms with Gasteiger partial charge in [-0.05, 0) is 50.2 Å². The van der Waals surface area contributed by atoms with Crippen LogP contribution in [-0.4, -0.2) is 18.6 Å². The number of hydrogen-bond acceptors (Lipinski definition) is 5. The van der Waals surface area contributed by atoms with Gasteiger partial charge in [0.05, 0.1) is 12.7 Å². The average molecular weight is 429 g/mol. The van der Waals surface area contributed by atoms with Crippen molar-refractivity contribution in [2.45, 2.75) is 19.4 Å². The summed E-state index contributed by atoms with van der Waals surface area (Å²) in [5, 5.41) is 3.66. The van der Waals surface area contributed by atoms with Gasteiger partial charge in [0.2, 0.25) is 0 Å². The quantitative estimate of drug-likeness (QED) is 0.423. The highest BCUT2D eigenvalue weighted by molar-refractivity contribution is 5.97. The Bertz CT molecular complexity index is 1330. The number of hydrogen-bond donors (Lipinski definition) is 1. The Labute approximate surface area is 185 Å². The highest BCUT2D eigenvalue weighted by Crippen LogP contribution is 2.32. The fourth-order valence-corrected chi connectivity index (χ4v) is 3.35. The molecule has 6 heteroatoms. The molecule has 0 saturated heterocycles. The van der Waals surface area contributed by atoms with E-state index >= 15 is 0 Å². The maximum Gasteiger partial charge on any atom is 0.344 e. The zero-order valence-corrected chi connectivity index (χ0v) is 18.0. The largest absolute Gasteiger partial charge is 0.496 e. The predicted octanol–water partition coefficient (Wildman–Crippen LogP) is 5.26. The minimum absolute atomic E-state index is 0.318. The molecular weight excluding hydrogens is 406 g/mol. The van der Waals surface area contributed by atoms with E-state index in [1.54, 1.807) is 56.3 Å². The molecule has 32 heavy (non-hydrogen) atoms. The van der Waals surface area contributed by atoms with E-state index in [1.165, 1.54) is 7.11 Å². The van der Waals surface area contributed by atoms with Crippen molar-refractivity contribution >= 4 is 22.6 Å². The molecule has 0 aliphatic rings. The van der Waals surface area contributed by atoms with E-state index in [4.69, 9.17) is 13.9 Å². The number of nitrogens with one attached hydrogen (secondary N) is 1. The molecule has 162 valence electrons. The van der Waals surface area contributed by atoms with Crippen molar-refractivity contribution in [2.24, 2.45) is 0 Å². The molecule has 1 aromatic heterocycles. The zero-order valence-electron chi connectivity index (χ0n) is 18.0. The summed E-state index contributed by atoms with van der Waals surface area (Å²) in [4.78, 5) is 25.4. The normalized spacial score (nSPS) is 11.2. The monoisotopic (exact) mass is 429 g/mol. The summed E-state index contributed by atoms with van der Waals surface area (Å²) in [7, 11) is 1.51. The molecule has 1 N–H and O–H groups in total. The number of ether oxygens (including phenoxy) is 2. The topological polar surface area (TPSA) is 77.8 Å².